The number of rotatable bonds is 1. The lowest BCUT2D eigenvalue weighted by Gasteiger charge is -2.21. The van der Waals surface area contributed by atoms with Crippen molar-refractivity contribution in [2.45, 2.75) is 18.6 Å². The van der Waals surface area contributed by atoms with E-state index in [4.69, 9.17) is 15.3 Å². The first-order chi connectivity index (χ1) is 5.11. The summed E-state index contributed by atoms with van der Waals surface area (Å²) in [6, 6.07) is 0. The minimum atomic E-state index is -0.966. The first kappa shape index (κ1) is 8.23. The summed E-state index contributed by atoms with van der Waals surface area (Å²) in [6.45, 7) is 0. The molecule has 0 amide bonds. The molecule has 0 fully saturated rings. The quantitative estimate of drug-likeness (QED) is 0.444. The third-order valence-electron chi connectivity index (χ3n) is 1.75. The van der Waals surface area contributed by atoms with E-state index in [1.54, 1.807) is 0 Å². The molecular weight excluding hydrogens is 148 g/mol. The summed E-state index contributed by atoms with van der Waals surface area (Å²) in [6.07, 6.45) is 0.950. The van der Waals surface area contributed by atoms with E-state index in [1.807, 2.05) is 0 Å². The van der Waals surface area contributed by atoms with Crippen molar-refractivity contribution >= 4 is 5.97 Å². The summed E-state index contributed by atoms with van der Waals surface area (Å²) < 4.78 is 0. The van der Waals surface area contributed by atoms with Gasteiger partial charge in [0.25, 0.3) is 0 Å². The van der Waals surface area contributed by atoms with E-state index < -0.39 is 24.1 Å². The number of aliphatic carboxylic acids is 1. The molecule has 3 atom stereocenters. The minimum Gasteiger partial charge on any atom is -0.481 e. The number of carboxylic acids is 1. The molecule has 0 radical (unpaired) electrons. The zero-order chi connectivity index (χ0) is 8.43. The summed E-state index contributed by atoms with van der Waals surface area (Å²) >= 11 is 0. The number of hydrogen-bond donors (Lipinski definition) is 3. The molecule has 0 spiro atoms. The van der Waals surface area contributed by atoms with Gasteiger partial charge in [0.1, 0.15) is 0 Å². The van der Waals surface area contributed by atoms with Crippen LogP contribution in [-0.4, -0.2) is 33.5 Å². The normalized spacial score (nSPS) is 37.1. The largest absolute Gasteiger partial charge is 0.481 e. The van der Waals surface area contributed by atoms with Gasteiger partial charge >= 0.3 is 5.97 Å². The van der Waals surface area contributed by atoms with E-state index in [2.05, 4.69) is 0 Å². The van der Waals surface area contributed by atoms with Gasteiger partial charge in [-0.15, -0.1) is 0 Å². The highest BCUT2D eigenvalue weighted by molar-refractivity contribution is 5.72. The van der Waals surface area contributed by atoms with Crippen LogP contribution in [0, 0.1) is 5.92 Å². The second-order valence-electron chi connectivity index (χ2n) is 2.62. The van der Waals surface area contributed by atoms with Crippen LogP contribution < -0.4 is 0 Å². The topological polar surface area (TPSA) is 77.8 Å². The van der Waals surface area contributed by atoms with Gasteiger partial charge in [-0.2, -0.15) is 0 Å². The van der Waals surface area contributed by atoms with E-state index >= 15 is 0 Å². The Morgan fingerprint density at radius 3 is 2.45 bits per heavy atom. The van der Waals surface area contributed by atoms with Crippen LogP contribution in [0.25, 0.3) is 0 Å². The number of carbonyl (C=O) groups is 1. The van der Waals surface area contributed by atoms with E-state index in [0.717, 1.165) is 0 Å². The van der Waals surface area contributed by atoms with Crippen molar-refractivity contribution in [2.24, 2.45) is 5.92 Å². The molecule has 0 aliphatic heterocycles. The molecule has 0 bridgehead atoms. The minimum absolute atomic E-state index is 0.0903. The van der Waals surface area contributed by atoms with Gasteiger partial charge in [-0.05, 0) is 6.42 Å². The number of carboxylic acid groups (broad SMARTS) is 1. The van der Waals surface area contributed by atoms with Gasteiger partial charge in [-0.3, -0.25) is 4.79 Å². The molecule has 0 unspecified atom stereocenters. The van der Waals surface area contributed by atoms with Gasteiger partial charge < -0.3 is 15.3 Å². The lowest BCUT2D eigenvalue weighted by atomic mass is 9.92. The lowest BCUT2D eigenvalue weighted by Crippen LogP contribution is -2.32. The second kappa shape index (κ2) is 3.02. The van der Waals surface area contributed by atoms with Crippen molar-refractivity contribution in [3.05, 3.63) is 12.2 Å². The summed E-state index contributed by atoms with van der Waals surface area (Å²) in [5, 5.41) is 26.5. The van der Waals surface area contributed by atoms with E-state index in [0.29, 0.717) is 0 Å². The van der Waals surface area contributed by atoms with Crippen molar-refractivity contribution in [1.29, 1.82) is 0 Å². The molecule has 1 aliphatic rings. The molecular formula is C7H10O4. The molecule has 11 heavy (non-hydrogen) atoms. The van der Waals surface area contributed by atoms with Gasteiger partial charge in [0.15, 0.2) is 0 Å². The van der Waals surface area contributed by atoms with Crippen molar-refractivity contribution in [3.8, 4) is 0 Å². The third-order valence-corrected chi connectivity index (χ3v) is 1.75. The smallest absolute Gasteiger partial charge is 0.310 e. The Labute approximate surface area is 63.8 Å². The maximum absolute atomic E-state index is 10.4. The fourth-order valence-electron chi connectivity index (χ4n) is 1.04. The standard InChI is InChI=1S/C7H10O4/c8-5-2-1-4(7(10)11)3-6(5)9/h1-2,4-6,8-9H,3H2,(H,10,11)/t4-,5-,6-/m1/s1. The molecule has 0 saturated carbocycles. The molecule has 0 aromatic heterocycles. The predicted molar refractivity (Wildman–Crippen MR) is 36.9 cm³/mol. The summed E-state index contributed by atoms with van der Waals surface area (Å²) in [7, 11) is 0. The SMILES string of the molecule is O=C(O)[C@@H]1C=C[C@@H](O)[C@H](O)C1. The summed E-state index contributed by atoms with van der Waals surface area (Å²) in [4.78, 5) is 10.4. The van der Waals surface area contributed by atoms with Crippen LogP contribution in [0.1, 0.15) is 6.42 Å². The molecule has 0 saturated heterocycles. The molecule has 0 aromatic carbocycles. The maximum Gasteiger partial charge on any atom is 0.310 e. The average Bonchev–Trinajstić information content (AvgIpc) is 1.94. The Kier molecular flexibility index (Phi) is 2.26. The fraction of sp³-hybridized carbons (Fsp3) is 0.571. The average molecular weight is 158 g/mol. The molecule has 0 aromatic rings. The van der Waals surface area contributed by atoms with Crippen molar-refractivity contribution in [2.75, 3.05) is 0 Å². The van der Waals surface area contributed by atoms with Crippen LogP contribution in [-0.2, 0) is 4.79 Å². The van der Waals surface area contributed by atoms with Crippen molar-refractivity contribution in [1.82, 2.24) is 0 Å². The highest BCUT2D eigenvalue weighted by Crippen LogP contribution is 2.17. The lowest BCUT2D eigenvalue weighted by molar-refractivity contribution is -0.141. The first-order valence-electron chi connectivity index (χ1n) is 3.38. The highest BCUT2D eigenvalue weighted by atomic mass is 16.4. The molecule has 4 heteroatoms. The molecule has 4 nitrogen and oxygen atoms in total. The van der Waals surface area contributed by atoms with Gasteiger partial charge in [0, 0.05) is 0 Å². The molecule has 3 N–H and O–H groups in total. The van der Waals surface area contributed by atoms with E-state index in [-0.39, 0.29) is 6.42 Å². The summed E-state index contributed by atoms with van der Waals surface area (Å²) in [5.74, 6) is -1.62. The Balaban J connectivity index is 2.63. The molecule has 0 heterocycles. The van der Waals surface area contributed by atoms with Crippen LogP contribution in [0.3, 0.4) is 0 Å². The van der Waals surface area contributed by atoms with Crippen LogP contribution in [0.4, 0.5) is 0 Å². The summed E-state index contributed by atoms with van der Waals surface area (Å²) in [5.41, 5.74) is 0. The number of aliphatic hydroxyl groups is 2. The zero-order valence-electron chi connectivity index (χ0n) is 5.84. The monoisotopic (exact) mass is 158 g/mol. The van der Waals surface area contributed by atoms with Crippen LogP contribution in [0.5, 0.6) is 0 Å². The van der Waals surface area contributed by atoms with E-state index in [9.17, 15) is 4.79 Å². The Bertz CT molecular complexity index is 187. The van der Waals surface area contributed by atoms with E-state index in [1.165, 1.54) is 12.2 Å². The molecule has 1 aliphatic carbocycles. The van der Waals surface area contributed by atoms with Crippen LogP contribution >= 0.6 is 0 Å². The Morgan fingerprint density at radius 2 is 2.00 bits per heavy atom. The zero-order valence-corrected chi connectivity index (χ0v) is 5.84. The molecule has 62 valence electrons. The predicted octanol–water partition coefficient (Wildman–Crippen LogP) is -0.631. The van der Waals surface area contributed by atoms with Gasteiger partial charge in [-0.1, -0.05) is 12.2 Å². The van der Waals surface area contributed by atoms with Crippen LogP contribution in [0.2, 0.25) is 0 Å². The van der Waals surface area contributed by atoms with Crippen molar-refractivity contribution in [3.63, 3.8) is 0 Å². The third kappa shape index (κ3) is 1.78. The maximum atomic E-state index is 10.4. The van der Waals surface area contributed by atoms with Gasteiger partial charge in [0.05, 0.1) is 18.1 Å². The van der Waals surface area contributed by atoms with Crippen molar-refractivity contribution < 1.29 is 20.1 Å². The molecule has 1 rings (SSSR count). The first-order valence-corrected chi connectivity index (χ1v) is 3.38. The fourth-order valence-corrected chi connectivity index (χ4v) is 1.04. The van der Waals surface area contributed by atoms with Crippen LogP contribution in [0.15, 0.2) is 12.2 Å². The van der Waals surface area contributed by atoms with Gasteiger partial charge in [-0.25, -0.2) is 0 Å². The Hall–Kier alpha value is -0.870. The van der Waals surface area contributed by atoms with Gasteiger partial charge in [0.2, 0.25) is 0 Å². The second-order valence-corrected chi connectivity index (χ2v) is 2.62. The number of hydrogen-bond acceptors (Lipinski definition) is 3. The number of aliphatic hydroxyl groups excluding tert-OH is 2. The Morgan fingerprint density at radius 1 is 1.36 bits per heavy atom. The highest BCUT2D eigenvalue weighted by Gasteiger charge is 2.26.